The molecule has 33 heavy (non-hydrogen) atoms. The zero-order valence-electron chi connectivity index (χ0n) is 18.1. The average molecular weight is 481 g/mol. The minimum absolute atomic E-state index is 0.193. The van der Waals surface area contributed by atoms with E-state index >= 15 is 0 Å². The van der Waals surface area contributed by atoms with Gasteiger partial charge in [0.1, 0.15) is 5.75 Å². The number of sulfone groups is 1. The highest BCUT2D eigenvalue weighted by atomic mass is 35.5. The zero-order chi connectivity index (χ0) is 23.5. The lowest BCUT2D eigenvalue weighted by molar-refractivity contribution is -0.123. The van der Waals surface area contributed by atoms with E-state index in [2.05, 4.69) is 0 Å². The van der Waals surface area contributed by atoms with Crippen molar-refractivity contribution in [2.45, 2.75) is 25.3 Å². The van der Waals surface area contributed by atoms with Crippen LogP contribution in [0.15, 0.2) is 66.7 Å². The Morgan fingerprint density at radius 1 is 0.970 bits per heavy atom. The first-order valence-electron chi connectivity index (χ1n) is 10.5. The molecule has 0 saturated carbocycles. The fraction of sp³-hybridized carbons (Fsp3) is 0.200. The largest absolute Gasteiger partial charge is 0.304 e. The Labute approximate surface area is 197 Å². The number of hydrogen-bond acceptors (Lipinski definition) is 4. The van der Waals surface area contributed by atoms with Gasteiger partial charge in [-0.2, -0.15) is 0 Å². The second-order valence-corrected chi connectivity index (χ2v) is 11.0. The molecule has 0 aromatic heterocycles. The van der Waals surface area contributed by atoms with E-state index in [4.69, 9.17) is 11.6 Å². The van der Waals surface area contributed by atoms with Gasteiger partial charge in [0.25, 0.3) is 10.8 Å². The van der Waals surface area contributed by atoms with Crippen LogP contribution in [0.4, 0.5) is 11.4 Å². The average Bonchev–Trinajstić information content (AvgIpc) is 3.13. The first kappa shape index (κ1) is 21.7. The molecule has 2 aliphatic rings. The summed E-state index contributed by atoms with van der Waals surface area (Å²) in [4.78, 5) is 27.7. The molecule has 1 atom stereocenters. The maximum atomic E-state index is 14.1. The molecule has 5 rings (SSSR count). The predicted octanol–water partition coefficient (Wildman–Crippen LogP) is 4.12. The summed E-state index contributed by atoms with van der Waals surface area (Å²) in [5.41, 5.74) is 3.97. The van der Waals surface area contributed by atoms with Gasteiger partial charge in [-0.25, -0.2) is 8.42 Å². The van der Waals surface area contributed by atoms with Gasteiger partial charge in [0.15, 0.2) is 9.84 Å². The number of anilines is 2. The molecule has 2 amide bonds. The van der Waals surface area contributed by atoms with E-state index in [0.29, 0.717) is 10.7 Å². The van der Waals surface area contributed by atoms with Crippen molar-refractivity contribution in [1.29, 1.82) is 0 Å². The fourth-order valence-electron chi connectivity index (χ4n) is 4.80. The summed E-state index contributed by atoms with van der Waals surface area (Å²) < 4.78 is 27.2. The summed E-state index contributed by atoms with van der Waals surface area (Å²) in [6.45, 7) is 4.11. The van der Waals surface area contributed by atoms with E-state index in [1.54, 1.807) is 42.5 Å². The third-order valence-corrected chi connectivity index (χ3v) is 8.66. The highest BCUT2D eigenvalue weighted by Gasteiger charge is 2.69. The summed E-state index contributed by atoms with van der Waals surface area (Å²) in [5, 5.41) is 0.339. The van der Waals surface area contributed by atoms with Crippen LogP contribution in [0, 0.1) is 13.8 Å². The summed E-state index contributed by atoms with van der Waals surface area (Å²) in [6.07, 6.45) is 0. The molecule has 6 nitrogen and oxygen atoms in total. The monoisotopic (exact) mass is 480 g/mol. The van der Waals surface area contributed by atoms with Crippen molar-refractivity contribution in [3.63, 3.8) is 0 Å². The number of para-hydroxylation sites is 1. The first-order valence-corrected chi connectivity index (χ1v) is 12.5. The summed E-state index contributed by atoms with van der Waals surface area (Å²) >= 11 is 6.16. The lowest BCUT2D eigenvalue weighted by Crippen LogP contribution is -2.54. The first-order chi connectivity index (χ1) is 15.7. The van der Waals surface area contributed by atoms with Crippen LogP contribution in [0.25, 0.3) is 0 Å². The number of carbonyl (C=O) groups excluding carboxylic acids is 2. The summed E-state index contributed by atoms with van der Waals surface area (Å²) in [7, 11) is -4.21. The van der Waals surface area contributed by atoms with Crippen LogP contribution in [0.1, 0.15) is 22.3 Å². The van der Waals surface area contributed by atoms with Crippen LogP contribution in [-0.2, 0) is 30.8 Å². The summed E-state index contributed by atoms with van der Waals surface area (Å²) in [5.74, 6) is -2.07. The van der Waals surface area contributed by atoms with E-state index in [9.17, 15) is 18.0 Å². The zero-order valence-corrected chi connectivity index (χ0v) is 19.7. The standard InChI is InChI=1S/C25H21ClN2O4S/c1-16-10-11-17(2)18(12-16)14-27-22-9-4-3-8-21(22)25(24(27)30)28(23(29)15-33(25,31)32)20-7-5-6-19(26)13-20/h3-13H,14-15H2,1-2H3/t25-/m0/s1. The van der Waals surface area contributed by atoms with Crippen LogP contribution in [0.3, 0.4) is 0 Å². The molecular formula is C25H21ClN2O4S. The number of benzene rings is 3. The second kappa shape index (κ2) is 7.43. The van der Waals surface area contributed by atoms with Crippen molar-refractivity contribution < 1.29 is 18.0 Å². The summed E-state index contributed by atoms with van der Waals surface area (Å²) in [6, 6.07) is 19.1. The topological polar surface area (TPSA) is 74.8 Å². The van der Waals surface area contributed by atoms with Gasteiger partial charge in [-0.15, -0.1) is 0 Å². The second-order valence-electron chi connectivity index (χ2n) is 8.45. The van der Waals surface area contributed by atoms with Crippen LogP contribution >= 0.6 is 11.6 Å². The van der Waals surface area contributed by atoms with Gasteiger partial charge in [-0.3, -0.25) is 14.5 Å². The molecule has 0 bridgehead atoms. The van der Waals surface area contributed by atoms with Crippen LogP contribution in [0.5, 0.6) is 0 Å². The Balaban J connectivity index is 1.75. The van der Waals surface area contributed by atoms with Crippen LogP contribution < -0.4 is 9.80 Å². The molecule has 2 heterocycles. The number of carbonyl (C=O) groups is 2. The molecule has 3 aromatic rings. The van der Waals surface area contributed by atoms with Crippen molar-refractivity contribution in [1.82, 2.24) is 0 Å². The number of aryl methyl sites for hydroxylation is 2. The van der Waals surface area contributed by atoms with Gasteiger partial charge in [0, 0.05) is 16.3 Å². The minimum atomic E-state index is -4.21. The Morgan fingerprint density at radius 3 is 2.48 bits per heavy atom. The van der Waals surface area contributed by atoms with Crippen molar-refractivity contribution in [2.75, 3.05) is 15.6 Å². The lowest BCUT2D eigenvalue weighted by atomic mass is 10.0. The molecule has 1 fully saturated rings. The maximum Gasteiger partial charge on any atom is 0.274 e. The van der Waals surface area contributed by atoms with Crippen molar-refractivity contribution >= 4 is 44.6 Å². The van der Waals surface area contributed by atoms with E-state index in [0.717, 1.165) is 21.6 Å². The van der Waals surface area contributed by atoms with Crippen LogP contribution in [0.2, 0.25) is 5.02 Å². The van der Waals surface area contributed by atoms with Crippen molar-refractivity contribution in [2.24, 2.45) is 0 Å². The van der Waals surface area contributed by atoms with E-state index < -0.39 is 32.3 Å². The highest BCUT2D eigenvalue weighted by molar-refractivity contribution is 7.94. The molecule has 0 radical (unpaired) electrons. The van der Waals surface area contributed by atoms with E-state index in [1.165, 1.54) is 11.0 Å². The Morgan fingerprint density at radius 2 is 1.73 bits per heavy atom. The third-order valence-electron chi connectivity index (χ3n) is 6.32. The van der Waals surface area contributed by atoms with Gasteiger partial charge < -0.3 is 4.90 Å². The molecule has 1 saturated heterocycles. The molecular weight excluding hydrogens is 460 g/mol. The Hall–Kier alpha value is -3.16. The molecule has 2 aliphatic heterocycles. The Bertz CT molecular complexity index is 1440. The van der Waals surface area contributed by atoms with Gasteiger partial charge in [-0.1, -0.05) is 59.6 Å². The van der Waals surface area contributed by atoms with Crippen LogP contribution in [-0.4, -0.2) is 26.0 Å². The van der Waals surface area contributed by atoms with Gasteiger partial charge in [-0.05, 0) is 49.2 Å². The van der Waals surface area contributed by atoms with E-state index in [-0.39, 0.29) is 17.8 Å². The number of fused-ring (bicyclic) bond motifs is 2. The molecule has 1 spiro atoms. The van der Waals surface area contributed by atoms with Crippen molar-refractivity contribution in [3.05, 3.63) is 94.0 Å². The normalized spacial score (nSPS) is 21.2. The van der Waals surface area contributed by atoms with Gasteiger partial charge in [0.05, 0.1) is 12.2 Å². The fourth-order valence-corrected chi connectivity index (χ4v) is 7.02. The number of hydrogen-bond donors (Lipinski definition) is 0. The molecule has 0 aliphatic carbocycles. The molecule has 0 unspecified atom stereocenters. The third kappa shape index (κ3) is 3.03. The molecule has 8 heteroatoms. The maximum absolute atomic E-state index is 14.1. The molecule has 3 aromatic carbocycles. The SMILES string of the molecule is Cc1ccc(C)c(CN2C(=O)[C@@]3(c4ccccc42)N(c2cccc(Cl)c2)C(=O)CS3(=O)=O)c1. The lowest BCUT2D eigenvalue weighted by Gasteiger charge is -2.32. The Kier molecular flexibility index (Phi) is 4.88. The molecule has 0 N–H and O–H groups in total. The minimum Gasteiger partial charge on any atom is -0.304 e. The smallest absolute Gasteiger partial charge is 0.274 e. The van der Waals surface area contributed by atoms with E-state index in [1.807, 2.05) is 32.0 Å². The number of nitrogens with zero attached hydrogens (tertiary/aromatic N) is 2. The van der Waals surface area contributed by atoms with Crippen molar-refractivity contribution in [3.8, 4) is 0 Å². The van der Waals surface area contributed by atoms with Gasteiger partial charge >= 0.3 is 0 Å². The quantitative estimate of drug-likeness (QED) is 0.565. The molecule has 168 valence electrons. The highest BCUT2D eigenvalue weighted by Crippen LogP contribution is 2.53. The number of amides is 2. The predicted molar refractivity (Wildman–Crippen MR) is 128 cm³/mol. The number of halogens is 1. The van der Waals surface area contributed by atoms with Gasteiger partial charge in [0.2, 0.25) is 5.91 Å². The number of rotatable bonds is 3.